The Morgan fingerprint density at radius 3 is 1.89 bits per heavy atom. The fourth-order valence-electron chi connectivity index (χ4n) is 0.545. The standard InChI is InChI=1S/C7H16N2/c1-7(2)9(5)6-8(3)4/h1,6H2,2-5H3. The van der Waals surface area contributed by atoms with E-state index in [1.807, 2.05) is 28.1 Å². The molecule has 0 unspecified atom stereocenters. The van der Waals surface area contributed by atoms with Crippen LogP contribution in [0.1, 0.15) is 6.92 Å². The van der Waals surface area contributed by atoms with Crippen molar-refractivity contribution in [1.29, 1.82) is 0 Å². The van der Waals surface area contributed by atoms with Crippen molar-refractivity contribution in [1.82, 2.24) is 9.80 Å². The summed E-state index contributed by atoms with van der Waals surface area (Å²) in [6.07, 6.45) is 0. The van der Waals surface area contributed by atoms with E-state index in [0.29, 0.717) is 0 Å². The van der Waals surface area contributed by atoms with Crippen LogP contribution >= 0.6 is 0 Å². The maximum Gasteiger partial charge on any atom is 0.0695 e. The van der Waals surface area contributed by atoms with Gasteiger partial charge in [-0.2, -0.15) is 0 Å². The van der Waals surface area contributed by atoms with Crippen LogP contribution in [0.15, 0.2) is 12.3 Å². The minimum atomic E-state index is 0.940. The van der Waals surface area contributed by atoms with Gasteiger partial charge >= 0.3 is 0 Å². The summed E-state index contributed by atoms with van der Waals surface area (Å²) < 4.78 is 0. The van der Waals surface area contributed by atoms with Crippen molar-refractivity contribution in [3.63, 3.8) is 0 Å². The van der Waals surface area contributed by atoms with Gasteiger partial charge in [0.25, 0.3) is 0 Å². The second-order valence-electron chi connectivity index (χ2n) is 2.65. The van der Waals surface area contributed by atoms with E-state index in [1.54, 1.807) is 0 Å². The van der Waals surface area contributed by atoms with Crippen LogP contribution in [0.2, 0.25) is 0 Å². The van der Waals surface area contributed by atoms with E-state index in [4.69, 9.17) is 0 Å². The van der Waals surface area contributed by atoms with Gasteiger partial charge in [-0.3, -0.25) is 4.90 Å². The van der Waals surface area contributed by atoms with Gasteiger partial charge in [-0.05, 0) is 21.0 Å². The Labute approximate surface area is 57.8 Å². The van der Waals surface area contributed by atoms with Crippen molar-refractivity contribution >= 4 is 0 Å². The predicted molar refractivity (Wildman–Crippen MR) is 41.1 cm³/mol. The smallest absolute Gasteiger partial charge is 0.0695 e. The van der Waals surface area contributed by atoms with Crippen LogP contribution in [0.4, 0.5) is 0 Å². The van der Waals surface area contributed by atoms with E-state index in [9.17, 15) is 0 Å². The van der Waals surface area contributed by atoms with Crippen molar-refractivity contribution in [3.05, 3.63) is 12.3 Å². The van der Waals surface area contributed by atoms with Crippen molar-refractivity contribution in [2.45, 2.75) is 6.92 Å². The number of hydrogen-bond acceptors (Lipinski definition) is 2. The first-order valence-corrected chi connectivity index (χ1v) is 3.05. The summed E-state index contributed by atoms with van der Waals surface area (Å²) >= 11 is 0. The van der Waals surface area contributed by atoms with E-state index in [2.05, 4.69) is 16.4 Å². The van der Waals surface area contributed by atoms with Gasteiger partial charge in [0.15, 0.2) is 0 Å². The van der Waals surface area contributed by atoms with Gasteiger partial charge in [-0.15, -0.1) is 0 Å². The number of nitrogens with zero attached hydrogens (tertiary/aromatic N) is 2. The minimum Gasteiger partial charge on any atom is -0.366 e. The molecule has 0 aromatic heterocycles. The zero-order valence-corrected chi connectivity index (χ0v) is 6.81. The van der Waals surface area contributed by atoms with E-state index in [-0.39, 0.29) is 0 Å². The van der Waals surface area contributed by atoms with Crippen molar-refractivity contribution in [3.8, 4) is 0 Å². The van der Waals surface area contributed by atoms with Crippen LogP contribution in [0.5, 0.6) is 0 Å². The molecule has 0 rings (SSSR count). The highest BCUT2D eigenvalue weighted by Crippen LogP contribution is 1.94. The number of allylic oxidation sites excluding steroid dienone is 1. The number of rotatable bonds is 3. The van der Waals surface area contributed by atoms with E-state index in [1.165, 1.54) is 0 Å². The molecule has 0 saturated heterocycles. The van der Waals surface area contributed by atoms with Gasteiger partial charge < -0.3 is 4.90 Å². The van der Waals surface area contributed by atoms with Gasteiger partial charge in [0.1, 0.15) is 0 Å². The zero-order valence-electron chi connectivity index (χ0n) is 6.81. The molecule has 0 N–H and O–H groups in total. The molecule has 0 fully saturated rings. The molecule has 0 aliphatic heterocycles. The Bertz CT molecular complexity index is 97.1. The first-order valence-electron chi connectivity index (χ1n) is 3.05. The van der Waals surface area contributed by atoms with Crippen LogP contribution in [0, 0.1) is 0 Å². The summed E-state index contributed by atoms with van der Waals surface area (Å²) in [5.41, 5.74) is 1.10. The zero-order chi connectivity index (χ0) is 7.44. The van der Waals surface area contributed by atoms with Gasteiger partial charge in [0.05, 0.1) is 6.67 Å². The van der Waals surface area contributed by atoms with Gasteiger partial charge in [-0.25, -0.2) is 0 Å². The average Bonchev–Trinajstić information content (AvgIpc) is 1.63. The molecule has 0 aliphatic rings. The maximum atomic E-state index is 3.81. The van der Waals surface area contributed by atoms with Crippen LogP contribution in [-0.2, 0) is 0 Å². The van der Waals surface area contributed by atoms with E-state index >= 15 is 0 Å². The Morgan fingerprint density at radius 2 is 1.78 bits per heavy atom. The molecule has 0 atom stereocenters. The molecular formula is C7H16N2. The second-order valence-corrected chi connectivity index (χ2v) is 2.65. The van der Waals surface area contributed by atoms with Crippen molar-refractivity contribution < 1.29 is 0 Å². The maximum absolute atomic E-state index is 3.81. The van der Waals surface area contributed by atoms with E-state index in [0.717, 1.165) is 12.4 Å². The lowest BCUT2D eigenvalue weighted by Crippen LogP contribution is -2.28. The molecule has 0 aromatic carbocycles. The van der Waals surface area contributed by atoms with Gasteiger partial charge in [-0.1, -0.05) is 6.58 Å². The summed E-state index contributed by atoms with van der Waals surface area (Å²) in [7, 11) is 6.11. The Balaban J connectivity index is 3.50. The van der Waals surface area contributed by atoms with Crippen LogP contribution in [-0.4, -0.2) is 37.6 Å². The summed E-state index contributed by atoms with van der Waals surface area (Å²) in [5.74, 6) is 0. The first kappa shape index (κ1) is 8.50. The van der Waals surface area contributed by atoms with Gasteiger partial charge in [0, 0.05) is 12.7 Å². The molecule has 0 amide bonds. The first-order chi connectivity index (χ1) is 4.04. The lowest BCUT2D eigenvalue weighted by atomic mass is 10.5. The Kier molecular flexibility index (Phi) is 3.32. The normalized spacial score (nSPS) is 9.89. The topological polar surface area (TPSA) is 6.48 Å². The largest absolute Gasteiger partial charge is 0.366 e. The molecule has 9 heavy (non-hydrogen) atoms. The Hall–Kier alpha value is -0.500. The van der Waals surface area contributed by atoms with Crippen molar-refractivity contribution in [2.24, 2.45) is 0 Å². The molecule has 0 bridgehead atoms. The third-order valence-electron chi connectivity index (χ3n) is 1.15. The van der Waals surface area contributed by atoms with E-state index < -0.39 is 0 Å². The Morgan fingerprint density at radius 1 is 1.33 bits per heavy atom. The highest BCUT2D eigenvalue weighted by Gasteiger charge is 1.95. The summed E-state index contributed by atoms with van der Waals surface area (Å²) in [4.78, 5) is 4.20. The predicted octanol–water partition coefficient (Wildman–Crippen LogP) is 0.971. The number of hydrogen-bond donors (Lipinski definition) is 0. The molecule has 2 heteroatoms. The van der Waals surface area contributed by atoms with Crippen molar-refractivity contribution in [2.75, 3.05) is 27.8 Å². The third kappa shape index (κ3) is 4.03. The molecule has 0 saturated carbocycles. The third-order valence-corrected chi connectivity index (χ3v) is 1.15. The lowest BCUT2D eigenvalue weighted by molar-refractivity contribution is 0.253. The lowest BCUT2D eigenvalue weighted by Gasteiger charge is -2.22. The summed E-state index contributed by atoms with van der Waals surface area (Å²) in [6, 6.07) is 0. The summed E-state index contributed by atoms with van der Waals surface area (Å²) in [5, 5.41) is 0. The average molecular weight is 128 g/mol. The molecule has 0 aliphatic carbocycles. The highest BCUT2D eigenvalue weighted by atomic mass is 15.3. The minimum absolute atomic E-state index is 0.940. The van der Waals surface area contributed by atoms with Crippen LogP contribution in [0.25, 0.3) is 0 Å². The highest BCUT2D eigenvalue weighted by molar-refractivity contribution is 4.85. The van der Waals surface area contributed by atoms with Crippen LogP contribution < -0.4 is 0 Å². The fourth-order valence-corrected chi connectivity index (χ4v) is 0.545. The fraction of sp³-hybridized carbons (Fsp3) is 0.714. The SMILES string of the molecule is C=C(C)N(C)CN(C)C. The van der Waals surface area contributed by atoms with Crippen LogP contribution in [0.3, 0.4) is 0 Å². The second kappa shape index (κ2) is 3.51. The van der Waals surface area contributed by atoms with Gasteiger partial charge in [0.2, 0.25) is 0 Å². The molecule has 0 aromatic rings. The monoisotopic (exact) mass is 128 g/mol. The molecule has 0 spiro atoms. The molecular weight excluding hydrogens is 112 g/mol. The summed E-state index contributed by atoms with van der Waals surface area (Å²) in [6.45, 7) is 6.75. The molecule has 2 nitrogen and oxygen atoms in total. The molecule has 0 radical (unpaired) electrons. The molecule has 54 valence electrons. The molecule has 0 heterocycles. The quantitative estimate of drug-likeness (QED) is 0.523.